The molecular formula is C21H21N3O3. The van der Waals surface area contributed by atoms with Gasteiger partial charge in [-0.05, 0) is 47.2 Å². The monoisotopic (exact) mass is 363 g/mol. The molecule has 0 fully saturated rings. The van der Waals surface area contributed by atoms with E-state index in [1.54, 1.807) is 17.6 Å². The molecule has 2 aromatic carbocycles. The second-order valence-corrected chi connectivity index (χ2v) is 6.81. The molecule has 0 unspecified atom stereocenters. The van der Waals surface area contributed by atoms with E-state index < -0.39 is 5.91 Å². The number of aromatic nitrogens is 1. The van der Waals surface area contributed by atoms with Crippen molar-refractivity contribution in [3.05, 3.63) is 71.4 Å². The first-order chi connectivity index (χ1) is 13.2. The maximum absolute atomic E-state index is 12.7. The molecule has 138 valence electrons. The second kappa shape index (κ2) is 7.25. The first-order valence-electron chi connectivity index (χ1n) is 9.03. The SMILES string of the molecule is O=C(NO)c1ccc2c(c1)CCN(C(=O)CCn1ccc3ccccc31)C2. The Kier molecular flexibility index (Phi) is 4.64. The highest BCUT2D eigenvalue weighted by Crippen LogP contribution is 2.22. The Bertz CT molecular complexity index is 1010. The third kappa shape index (κ3) is 3.44. The Labute approximate surface area is 157 Å². The Morgan fingerprint density at radius 2 is 1.93 bits per heavy atom. The van der Waals surface area contributed by atoms with Crippen molar-refractivity contribution in [3.63, 3.8) is 0 Å². The molecule has 1 aliphatic heterocycles. The number of nitrogens with one attached hydrogen (secondary N) is 1. The number of hydrogen-bond donors (Lipinski definition) is 2. The predicted octanol–water partition coefficient (Wildman–Crippen LogP) is 2.74. The summed E-state index contributed by atoms with van der Waals surface area (Å²) in [4.78, 5) is 26.1. The number of nitrogens with zero attached hydrogens (tertiary/aromatic N) is 2. The predicted molar refractivity (Wildman–Crippen MR) is 101 cm³/mol. The zero-order chi connectivity index (χ0) is 18.8. The fourth-order valence-electron chi connectivity index (χ4n) is 3.68. The number of hydroxylamine groups is 1. The molecule has 0 aliphatic carbocycles. The fourth-order valence-corrected chi connectivity index (χ4v) is 3.68. The normalized spacial score (nSPS) is 13.4. The minimum absolute atomic E-state index is 0.135. The first-order valence-corrected chi connectivity index (χ1v) is 9.03. The van der Waals surface area contributed by atoms with E-state index in [1.165, 1.54) is 5.39 Å². The van der Waals surface area contributed by atoms with E-state index in [0.29, 0.717) is 38.0 Å². The van der Waals surface area contributed by atoms with Gasteiger partial charge >= 0.3 is 0 Å². The van der Waals surface area contributed by atoms with Crippen LogP contribution in [0.4, 0.5) is 0 Å². The lowest BCUT2D eigenvalue weighted by atomic mass is 9.97. The number of rotatable bonds is 4. The quantitative estimate of drug-likeness (QED) is 0.553. The van der Waals surface area contributed by atoms with E-state index in [-0.39, 0.29) is 5.91 Å². The van der Waals surface area contributed by atoms with Crippen molar-refractivity contribution in [1.29, 1.82) is 0 Å². The van der Waals surface area contributed by atoms with Crippen LogP contribution in [0.2, 0.25) is 0 Å². The number of para-hydroxylation sites is 1. The van der Waals surface area contributed by atoms with Crippen LogP contribution in [-0.4, -0.2) is 33.0 Å². The van der Waals surface area contributed by atoms with E-state index in [0.717, 1.165) is 16.6 Å². The highest BCUT2D eigenvalue weighted by atomic mass is 16.5. The van der Waals surface area contributed by atoms with Crippen molar-refractivity contribution in [1.82, 2.24) is 14.9 Å². The summed E-state index contributed by atoms with van der Waals surface area (Å²) in [5.41, 5.74) is 5.32. The molecule has 0 bridgehead atoms. The Hall–Kier alpha value is -3.12. The molecule has 0 atom stereocenters. The topological polar surface area (TPSA) is 74.6 Å². The van der Waals surface area contributed by atoms with Gasteiger partial charge in [-0.25, -0.2) is 5.48 Å². The van der Waals surface area contributed by atoms with Gasteiger partial charge in [-0.2, -0.15) is 0 Å². The number of carbonyl (C=O) groups is 2. The third-order valence-electron chi connectivity index (χ3n) is 5.18. The van der Waals surface area contributed by atoms with Crippen molar-refractivity contribution in [2.24, 2.45) is 0 Å². The van der Waals surface area contributed by atoms with Crippen LogP contribution in [0, 0.1) is 0 Å². The van der Waals surface area contributed by atoms with Gasteiger partial charge in [-0.3, -0.25) is 14.8 Å². The van der Waals surface area contributed by atoms with Crippen molar-refractivity contribution in [2.45, 2.75) is 25.9 Å². The van der Waals surface area contributed by atoms with Gasteiger partial charge in [0.05, 0.1) is 0 Å². The van der Waals surface area contributed by atoms with Crippen molar-refractivity contribution >= 4 is 22.7 Å². The van der Waals surface area contributed by atoms with E-state index >= 15 is 0 Å². The number of fused-ring (bicyclic) bond motifs is 2. The number of carbonyl (C=O) groups excluding carboxylic acids is 2. The standard InChI is InChI=1S/C21H21N3O3/c25-20(9-12-23-10-7-15-3-1-2-4-19(15)23)24-11-8-16-13-17(21(26)22-27)5-6-18(16)14-24/h1-7,10,13,27H,8-9,11-12,14H2,(H,22,26). The summed E-state index contributed by atoms with van der Waals surface area (Å²) < 4.78 is 2.12. The number of hydrogen-bond acceptors (Lipinski definition) is 3. The summed E-state index contributed by atoms with van der Waals surface area (Å²) in [5, 5.41) is 9.94. The Morgan fingerprint density at radius 3 is 2.78 bits per heavy atom. The highest BCUT2D eigenvalue weighted by Gasteiger charge is 2.21. The van der Waals surface area contributed by atoms with Gasteiger partial charge in [0.25, 0.3) is 5.91 Å². The summed E-state index contributed by atoms with van der Waals surface area (Å²) in [6, 6.07) is 15.5. The van der Waals surface area contributed by atoms with Gasteiger partial charge in [-0.1, -0.05) is 24.3 Å². The van der Waals surface area contributed by atoms with Crippen LogP contribution >= 0.6 is 0 Å². The van der Waals surface area contributed by atoms with E-state index in [9.17, 15) is 9.59 Å². The van der Waals surface area contributed by atoms with Gasteiger partial charge in [0, 0.05) is 43.3 Å². The lowest BCUT2D eigenvalue weighted by Crippen LogP contribution is -2.36. The minimum Gasteiger partial charge on any atom is -0.347 e. The van der Waals surface area contributed by atoms with Gasteiger partial charge in [0.15, 0.2) is 0 Å². The summed E-state index contributed by atoms with van der Waals surface area (Å²) >= 11 is 0. The van der Waals surface area contributed by atoms with Crippen LogP contribution < -0.4 is 5.48 Å². The van der Waals surface area contributed by atoms with Gasteiger partial charge in [0.1, 0.15) is 0 Å². The summed E-state index contributed by atoms with van der Waals surface area (Å²) in [7, 11) is 0. The molecule has 2 heterocycles. The highest BCUT2D eigenvalue weighted by molar-refractivity contribution is 5.93. The minimum atomic E-state index is -0.518. The van der Waals surface area contributed by atoms with E-state index in [4.69, 9.17) is 5.21 Å². The number of benzene rings is 2. The maximum atomic E-state index is 12.7. The maximum Gasteiger partial charge on any atom is 0.274 e. The lowest BCUT2D eigenvalue weighted by molar-refractivity contribution is -0.132. The first kappa shape index (κ1) is 17.3. The molecule has 27 heavy (non-hydrogen) atoms. The molecule has 6 nitrogen and oxygen atoms in total. The van der Waals surface area contributed by atoms with Gasteiger partial charge in [0.2, 0.25) is 5.91 Å². The van der Waals surface area contributed by atoms with Crippen molar-refractivity contribution in [3.8, 4) is 0 Å². The molecule has 0 saturated carbocycles. The second-order valence-electron chi connectivity index (χ2n) is 6.81. The van der Waals surface area contributed by atoms with Crippen LogP contribution in [0.5, 0.6) is 0 Å². The average molecular weight is 363 g/mol. The van der Waals surface area contributed by atoms with Crippen LogP contribution in [0.1, 0.15) is 27.9 Å². The summed E-state index contributed by atoms with van der Waals surface area (Å²) in [6.45, 7) is 1.86. The van der Waals surface area contributed by atoms with Gasteiger partial charge < -0.3 is 9.47 Å². The zero-order valence-corrected chi connectivity index (χ0v) is 14.9. The van der Waals surface area contributed by atoms with Gasteiger partial charge in [-0.15, -0.1) is 0 Å². The molecule has 1 aromatic heterocycles. The molecule has 0 saturated heterocycles. The molecule has 1 aliphatic rings. The van der Waals surface area contributed by atoms with E-state index in [2.05, 4.69) is 22.8 Å². The zero-order valence-electron chi connectivity index (χ0n) is 14.9. The van der Waals surface area contributed by atoms with Crippen LogP contribution in [0.25, 0.3) is 10.9 Å². The molecule has 2 N–H and O–H groups in total. The lowest BCUT2D eigenvalue weighted by Gasteiger charge is -2.29. The molecule has 2 amide bonds. The molecule has 0 spiro atoms. The summed E-state index contributed by atoms with van der Waals surface area (Å²) in [5.74, 6) is -0.383. The third-order valence-corrected chi connectivity index (χ3v) is 5.18. The smallest absolute Gasteiger partial charge is 0.274 e. The fraction of sp³-hybridized carbons (Fsp3) is 0.238. The molecular weight excluding hydrogens is 342 g/mol. The van der Waals surface area contributed by atoms with Crippen molar-refractivity contribution in [2.75, 3.05) is 6.54 Å². The molecule has 0 radical (unpaired) electrons. The van der Waals surface area contributed by atoms with Crippen LogP contribution in [-0.2, 0) is 24.3 Å². The van der Waals surface area contributed by atoms with Crippen LogP contribution in [0.15, 0.2) is 54.7 Å². The van der Waals surface area contributed by atoms with Crippen molar-refractivity contribution < 1.29 is 14.8 Å². The molecule has 6 heteroatoms. The van der Waals surface area contributed by atoms with Crippen LogP contribution in [0.3, 0.4) is 0 Å². The number of aryl methyl sites for hydroxylation is 1. The Morgan fingerprint density at radius 1 is 1.07 bits per heavy atom. The Balaban J connectivity index is 1.41. The summed E-state index contributed by atoms with van der Waals surface area (Å²) in [6.07, 6.45) is 3.19. The average Bonchev–Trinajstić information content (AvgIpc) is 3.13. The molecule has 3 aromatic rings. The number of amides is 2. The largest absolute Gasteiger partial charge is 0.347 e. The van der Waals surface area contributed by atoms with E-state index in [1.807, 2.05) is 29.3 Å². The molecule has 4 rings (SSSR count).